The Bertz CT molecular complexity index is 527. The van der Waals surface area contributed by atoms with Gasteiger partial charge in [0.2, 0.25) is 0 Å². The van der Waals surface area contributed by atoms with E-state index in [2.05, 4.69) is 29.3 Å². The van der Waals surface area contributed by atoms with E-state index in [1.165, 1.54) is 0 Å². The van der Waals surface area contributed by atoms with Crippen molar-refractivity contribution >= 4 is 0 Å². The zero-order valence-corrected chi connectivity index (χ0v) is 12.4. The Balaban J connectivity index is 1.91. The lowest BCUT2D eigenvalue weighted by Gasteiger charge is -2.09. The minimum absolute atomic E-state index is 0.451. The molecule has 108 valence electrons. The molecule has 2 heterocycles. The first kappa shape index (κ1) is 14.5. The van der Waals surface area contributed by atoms with Crippen LogP contribution in [0.15, 0.2) is 22.9 Å². The lowest BCUT2D eigenvalue weighted by molar-refractivity contribution is 0.300. The summed E-state index contributed by atoms with van der Waals surface area (Å²) in [6.07, 6.45) is 1.75. The molecule has 20 heavy (non-hydrogen) atoms. The van der Waals surface area contributed by atoms with Crippen molar-refractivity contribution in [2.24, 2.45) is 0 Å². The third kappa shape index (κ3) is 3.81. The number of pyridine rings is 1. The van der Waals surface area contributed by atoms with Gasteiger partial charge in [-0.2, -0.15) is 0 Å². The molecule has 0 saturated heterocycles. The van der Waals surface area contributed by atoms with Crippen LogP contribution in [0.5, 0.6) is 5.75 Å². The van der Waals surface area contributed by atoms with Crippen LogP contribution >= 0.6 is 0 Å². The van der Waals surface area contributed by atoms with Crippen LogP contribution in [0.1, 0.15) is 36.6 Å². The van der Waals surface area contributed by atoms with Gasteiger partial charge in [0, 0.05) is 12.6 Å². The fraction of sp³-hybridized carbons (Fsp3) is 0.467. The van der Waals surface area contributed by atoms with E-state index in [0.29, 0.717) is 12.6 Å². The summed E-state index contributed by atoms with van der Waals surface area (Å²) in [5, 5.41) is 7.23. The van der Waals surface area contributed by atoms with E-state index in [9.17, 15) is 0 Å². The quantitative estimate of drug-likeness (QED) is 0.878. The monoisotopic (exact) mass is 275 g/mol. The summed E-state index contributed by atoms with van der Waals surface area (Å²) in [4.78, 5) is 4.37. The van der Waals surface area contributed by atoms with Crippen molar-refractivity contribution in [3.63, 3.8) is 0 Å². The Morgan fingerprint density at radius 1 is 1.30 bits per heavy atom. The summed E-state index contributed by atoms with van der Waals surface area (Å²) in [5.41, 5.74) is 2.87. The van der Waals surface area contributed by atoms with Gasteiger partial charge in [-0.05, 0) is 26.0 Å². The predicted octanol–water partition coefficient (Wildman–Crippen LogP) is 2.76. The summed E-state index contributed by atoms with van der Waals surface area (Å²) < 4.78 is 10.8. The second-order valence-corrected chi connectivity index (χ2v) is 5.11. The first-order valence-corrected chi connectivity index (χ1v) is 6.79. The standard InChI is InChI=1S/C15H21N3O2/c1-10(2)16-7-13-5-6-14(8-17-13)19-9-15-11(3)18-20-12(15)4/h5-6,8,10,16H,7,9H2,1-4H3. The van der Waals surface area contributed by atoms with Gasteiger partial charge in [0.15, 0.2) is 0 Å². The minimum Gasteiger partial charge on any atom is -0.487 e. The molecule has 0 unspecified atom stereocenters. The smallest absolute Gasteiger partial charge is 0.140 e. The highest BCUT2D eigenvalue weighted by Crippen LogP contribution is 2.16. The molecule has 0 atom stereocenters. The maximum Gasteiger partial charge on any atom is 0.140 e. The summed E-state index contributed by atoms with van der Waals surface area (Å²) in [6, 6.07) is 4.35. The number of rotatable bonds is 6. The van der Waals surface area contributed by atoms with Gasteiger partial charge in [0.25, 0.3) is 0 Å². The molecule has 2 rings (SSSR count). The molecule has 0 aromatic carbocycles. The van der Waals surface area contributed by atoms with Crippen LogP contribution in [0.4, 0.5) is 0 Å². The highest BCUT2D eigenvalue weighted by Gasteiger charge is 2.09. The van der Waals surface area contributed by atoms with Crippen LogP contribution in [-0.2, 0) is 13.2 Å². The number of aryl methyl sites for hydroxylation is 2. The number of ether oxygens (including phenoxy) is 1. The van der Waals surface area contributed by atoms with Crippen molar-refractivity contribution in [2.75, 3.05) is 0 Å². The van der Waals surface area contributed by atoms with Crippen LogP contribution < -0.4 is 10.1 Å². The molecule has 2 aromatic rings. The van der Waals surface area contributed by atoms with E-state index >= 15 is 0 Å². The van der Waals surface area contributed by atoms with Crippen molar-refractivity contribution in [3.8, 4) is 5.75 Å². The average Bonchev–Trinajstić information content (AvgIpc) is 2.75. The Morgan fingerprint density at radius 2 is 2.10 bits per heavy atom. The summed E-state index contributed by atoms with van der Waals surface area (Å²) in [5.74, 6) is 1.55. The van der Waals surface area contributed by atoms with Crippen molar-refractivity contribution in [3.05, 3.63) is 41.0 Å². The molecule has 0 spiro atoms. The van der Waals surface area contributed by atoms with Crippen LogP contribution in [0.25, 0.3) is 0 Å². The SMILES string of the molecule is Cc1noc(C)c1COc1ccc(CNC(C)C)nc1. The maximum atomic E-state index is 5.71. The van der Waals surface area contributed by atoms with E-state index in [4.69, 9.17) is 9.26 Å². The number of nitrogens with zero attached hydrogens (tertiary/aromatic N) is 2. The van der Waals surface area contributed by atoms with E-state index in [0.717, 1.165) is 35.0 Å². The zero-order valence-electron chi connectivity index (χ0n) is 12.4. The normalized spacial score (nSPS) is 11.1. The molecule has 0 aliphatic carbocycles. The molecule has 0 fully saturated rings. The van der Waals surface area contributed by atoms with Gasteiger partial charge < -0.3 is 14.6 Å². The molecule has 0 radical (unpaired) electrons. The highest BCUT2D eigenvalue weighted by molar-refractivity contribution is 5.23. The topological polar surface area (TPSA) is 60.2 Å². The summed E-state index contributed by atoms with van der Waals surface area (Å²) in [6.45, 7) is 9.24. The van der Waals surface area contributed by atoms with Crippen LogP contribution in [0.3, 0.4) is 0 Å². The molecular weight excluding hydrogens is 254 g/mol. The van der Waals surface area contributed by atoms with Crippen molar-refractivity contribution in [2.45, 2.75) is 46.9 Å². The predicted molar refractivity (Wildman–Crippen MR) is 76.5 cm³/mol. The van der Waals surface area contributed by atoms with Gasteiger partial charge in [-0.25, -0.2) is 0 Å². The second-order valence-electron chi connectivity index (χ2n) is 5.11. The fourth-order valence-corrected chi connectivity index (χ4v) is 1.77. The average molecular weight is 275 g/mol. The lowest BCUT2D eigenvalue weighted by Crippen LogP contribution is -2.22. The minimum atomic E-state index is 0.451. The molecule has 0 saturated carbocycles. The third-order valence-electron chi connectivity index (χ3n) is 3.05. The summed E-state index contributed by atoms with van der Waals surface area (Å²) >= 11 is 0. The molecule has 0 bridgehead atoms. The van der Waals surface area contributed by atoms with Gasteiger partial charge in [0.1, 0.15) is 18.1 Å². The number of aromatic nitrogens is 2. The first-order valence-electron chi connectivity index (χ1n) is 6.79. The number of hydrogen-bond acceptors (Lipinski definition) is 5. The van der Waals surface area contributed by atoms with E-state index in [-0.39, 0.29) is 0 Å². The van der Waals surface area contributed by atoms with Gasteiger partial charge in [-0.1, -0.05) is 19.0 Å². The first-order chi connectivity index (χ1) is 9.56. The lowest BCUT2D eigenvalue weighted by atomic mass is 10.2. The van der Waals surface area contributed by atoms with Crippen molar-refractivity contribution < 1.29 is 9.26 Å². The molecule has 5 nitrogen and oxygen atoms in total. The molecule has 0 aliphatic rings. The molecule has 0 amide bonds. The molecule has 5 heteroatoms. The number of nitrogens with one attached hydrogen (secondary N) is 1. The molecule has 2 aromatic heterocycles. The molecular formula is C15H21N3O2. The highest BCUT2D eigenvalue weighted by atomic mass is 16.5. The van der Waals surface area contributed by atoms with Gasteiger partial charge >= 0.3 is 0 Å². The maximum absolute atomic E-state index is 5.71. The van der Waals surface area contributed by atoms with Crippen LogP contribution in [-0.4, -0.2) is 16.2 Å². The number of hydrogen-bond donors (Lipinski definition) is 1. The van der Waals surface area contributed by atoms with Gasteiger partial charge in [0.05, 0.1) is 23.1 Å². The molecule has 0 aliphatic heterocycles. The fourth-order valence-electron chi connectivity index (χ4n) is 1.77. The van der Waals surface area contributed by atoms with Crippen molar-refractivity contribution in [1.29, 1.82) is 0 Å². The van der Waals surface area contributed by atoms with Gasteiger partial charge in [-0.3, -0.25) is 4.98 Å². The van der Waals surface area contributed by atoms with Crippen molar-refractivity contribution in [1.82, 2.24) is 15.5 Å². The Morgan fingerprint density at radius 3 is 2.65 bits per heavy atom. The van der Waals surface area contributed by atoms with Gasteiger partial charge in [-0.15, -0.1) is 0 Å². The third-order valence-corrected chi connectivity index (χ3v) is 3.05. The van der Waals surface area contributed by atoms with E-state index in [1.807, 2.05) is 26.0 Å². The summed E-state index contributed by atoms with van der Waals surface area (Å²) in [7, 11) is 0. The molecule has 1 N–H and O–H groups in total. The largest absolute Gasteiger partial charge is 0.487 e. The van der Waals surface area contributed by atoms with Crippen LogP contribution in [0.2, 0.25) is 0 Å². The second kappa shape index (κ2) is 6.52. The van der Waals surface area contributed by atoms with E-state index < -0.39 is 0 Å². The Kier molecular flexibility index (Phi) is 4.74. The zero-order chi connectivity index (χ0) is 14.5. The van der Waals surface area contributed by atoms with E-state index in [1.54, 1.807) is 6.20 Å². The van der Waals surface area contributed by atoms with Crippen LogP contribution in [0, 0.1) is 13.8 Å². The Labute approximate surface area is 119 Å². The Hall–Kier alpha value is -1.88.